The van der Waals surface area contributed by atoms with Gasteiger partial charge in [-0.1, -0.05) is 19.3 Å². The number of H-pyrrole nitrogens is 1. The number of fused-ring (bicyclic) bond motifs is 1. The number of Topliss-reactive ketones (excluding diaryl/α,β-unsaturated/α-hetero) is 1. The molecule has 0 aromatic carbocycles. The summed E-state index contributed by atoms with van der Waals surface area (Å²) in [5, 5.41) is 6.85. The minimum atomic E-state index is -1.23. The van der Waals surface area contributed by atoms with Crippen LogP contribution in [-0.4, -0.2) is 31.2 Å². The number of nitrogens with two attached hydrogens (primary N) is 1. The Morgan fingerprint density at radius 1 is 1.28 bits per heavy atom. The standard InChI is InChI=1S/C22H26FN5O/c1-14(24)20(15(2)29)16-8-19-21(25-9-16)18(17-10-26-27-11-17)12-28(19)13-22(23)6-4-3-5-7-22/h8-12H,3-7,13,24H2,1-2H3,(H,26,27). The van der Waals surface area contributed by atoms with E-state index in [1.165, 1.54) is 6.92 Å². The number of nitrogens with one attached hydrogen (secondary N) is 1. The van der Waals surface area contributed by atoms with E-state index >= 15 is 4.39 Å². The number of aromatic amines is 1. The van der Waals surface area contributed by atoms with Gasteiger partial charge in [0.25, 0.3) is 0 Å². The maximum absolute atomic E-state index is 15.5. The van der Waals surface area contributed by atoms with E-state index in [0.29, 0.717) is 29.7 Å². The summed E-state index contributed by atoms with van der Waals surface area (Å²) < 4.78 is 17.4. The van der Waals surface area contributed by atoms with Crippen LogP contribution in [-0.2, 0) is 11.3 Å². The molecule has 152 valence electrons. The number of pyridine rings is 1. The molecule has 0 radical (unpaired) electrons. The molecule has 7 heteroatoms. The van der Waals surface area contributed by atoms with Gasteiger partial charge in [0, 0.05) is 46.6 Å². The fourth-order valence-corrected chi connectivity index (χ4v) is 4.40. The molecule has 3 aromatic rings. The first-order chi connectivity index (χ1) is 13.9. The molecular weight excluding hydrogens is 369 g/mol. The van der Waals surface area contributed by atoms with Crippen molar-refractivity contribution >= 4 is 22.4 Å². The summed E-state index contributed by atoms with van der Waals surface area (Å²) >= 11 is 0. The second kappa shape index (κ2) is 7.46. The van der Waals surface area contributed by atoms with Crippen molar-refractivity contribution in [3.8, 4) is 11.1 Å². The van der Waals surface area contributed by atoms with Crippen LogP contribution in [0.2, 0.25) is 0 Å². The Labute approximate surface area is 169 Å². The Morgan fingerprint density at radius 2 is 2.03 bits per heavy atom. The maximum Gasteiger partial charge on any atom is 0.162 e. The average molecular weight is 395 g/mol. The molecule has 6 nitrogen and oxygen atoms in total. The zero-order valence-electron chi connectivity index (χ0n) is 16.8. The summed E-state index contributed by atoms with van der Waals surface area (Å²) in [5.74, 6) is -0.117. The quantitative estimate of drug-likeness (QED) is 0.628. The number of carbonyl (C=O) groups is 1. The van der Waals surface area contributed by atoms with Gasteiger partial charge in [-0.15, -0.1) is 0 Å². The van der Waals surface area contributed by atoms with Crippen LogP contribution < -0.4 is 5.73 Å². The predicted octanol–water partition coefficient (Wildman–Crippen LogP) is 4.38. The van der Waals surface area contributed by atoms with Crippen molar-refractivity contribution in [2.75, 3.05) is 0 Å². The van der Waals surface area contributed by atoms with Crippen LogP contribution in [0.15, 0.2) is 36.6 Å². The van der Waals surface area contributed by atoms with Gasteiger partial charge >= 0.3 is 0 Å². The molecule has 1 saturated carbocycles. The molecule has 3 heterocycles. The monoisotopic (exact) mass is 395 g/mol. The number of allylic oxidation sites excluding steroid dienone is 2. The van der Waals surface area contributed by atoms with Gasteiger partial charge < -0.3 is 10.3 Å². The first-order valence-electron chi connectivity index (χ1n) is 10.0. The number of hydrogen-bond donors (Lipinski definition) is 2. The zero-order chi connectivity index (χ0) is 20.6. The van der Waals surface area contributed by atoms with E-state index in [2.05, 4.69) is 15.2 Å². The molecule has 0 aliphatic heterocycles. The predicted molar refractivity (Wildman–Crippen MR) is 112 cm³/mol. The third-order valence-corrected chi connectivity index (χ3v) is 5.76. The lowest BCUT2D eigenvalue weighted by Crippen LogP contribution is -2.31. The molecular formula is C22H26FN5O. The number of aromatic nitrogens is 4. The highest BCUT2D eigenvalue weighted by Crippen LogP contribution is 2.37. The third-order valence-electron chi connectivity index (χ3n) is 5.76. The van der Waals surface area contributed by atoms with Crippen LogP contribution in [0.4, 0.5) is 4.39 Å². The Hall–Kier alpha value is -2.96. The first-order valence-corrected chi connectivity index (χ1v) is 10.0. The molecule has 0 amide bonds. The summed E-state index contributed by atoms with van der Waals surface area (Å²) in [7, 11) is 0. The normalized spacial score (nSPS) is 17.3. The highest BCUT2D eigenvalue weighted by molar-refractivity contribution is 6.20. The van der Waals surface area contributed by atoms with Crippen LogP contribution >= 0.6 is 0 Å². The minimum Gasteiger partial charge on any atom is -0.402 e. The lowest BCUT2D eigenvalue weighted by molar-refractivity contribution is -0.111. The Kier molecular flexibility index (Phi) is 4.98. The van der Waals surface area contributed by atoms with Gasteiger partial charge in [-0.25, -0.2) is 4.39 Å². The van der Waals surface area contributed by atoms with E-state index in [4.69, 9.17) is 5.73 Å². The highest BCUT2D eigenvalue weighted by Gasteiger charge is 2.33. The second-order valence-electron chi connectivity index (χ2n) is 8.08. The first kappa shape index (κ1) is 19.4. The molecule has 0 bridgehead atoms. The number of nitrogens with zero attached hydrogens (tertiary/aromatic N) is 3. The van der Waals surface area contributed by atoms with E-state index < -0.39 is 5.67 Å². The van der Waals surface area contributed by atoms with Gasteiger partial charge in [-0.2, -0.15) is 5.10 Å². The lowest BCUT2D eigenvalue weighted by Gasteiger charge is -2.30. The van der Waals surface area contributed by atoms with Crippen LogP contribution in [0.1, 0.15) is 51.5 Å². The number of ketones is 1. The van der Waals surface area contributed by atoms with Crippen LogP contribution in [0.5, 0.6) is 0 Å². The van der Waals surface area contributed by atoms with Gasteiger partial charge in [-0.3, -0.25) is 14.9 Å². The molecule has 0 saturated heterocycles. The lowest BCUT2D eigenvalue weighted by atomic mass is 9.86. The minimum absolute atomic E-state index is 0.117. The fourth-order valence-electron chi connectivity index (χ4n) is 4.40. The molecule has 29 heavy (non-hydrogen) atoms. The van der Waals surface area contributed by atoms with Crippen LogP contribution in [0.25, 0.3) is 27.7 Å². The van der Waals surface area contributed by atoms with Gasteiger partial charge in [0.1, 0.15) is 5.67 Å². The Bertz CT molecular complexity index is 1070. The number of alkyl halides is 1. The van der Waals surface area contributed by atoms with Crippen molar-refractivity contribution in [1.82, 2.24) is 19.7 Å². The summed E-state index contributed by atoms with van der Waals surface area (Å²) in [6.07, 6.45) is 11.2. The van der Waals surface area contributed by atoms with E-state index in [9.17, 15) is 4.79 Å². The Morgan fingerprint density at radius 3 is 2.66 bits per heavy atom. The topological polar surface area (TPSA) is 89.6 Å². The number of halogens is 1. The summed E-state index contributed by atoms with van der Waals surface area (Å²) in [6.45, 7) is 3.47. The van der Waals surface area contributed by atoms with Crippen LogP contribution in [0, 0.1) is 0 Å². The molecule has 1 aliphatic carbocycles. The van der Waals surface area contributed by atoms with Crippen molar-refractivity contribution in [1.29, 1.82) is 0 Å². The third kappa shape index (κ3) is 3.69. The van der Waals surface area contributed by atoms with Gasteiger partial charge in [-0.05, 0) is 32.8 Å². The second-order valence-corrected chi connectivity index (χ2v) is 8.08. The molecule has 3 aromatic heterocycles. The van der Waals surface area contributed by atoms with Crippen molar-refractivity contribution in [2.45, 2.75) is 58.2 Å². The van der Waals surface area contributed by atoms with E-state index in [-0.39, 0.29) is 12.3 Å². The molecule has 0 unspecified atom stereocenters. The highest BCUT2D eigenvalue weighted by atomic mass is 19.1. The van der Waals surface area contributed by atoms with E-state index in [1.807, 2.05) is 16.8 Å². The van der Waals surface area contributed by atoms with Crippen molar-refractivity contribution < 1.29 is 9.18 Å². The molecule has 4 rings (SSSR count). The average Bonchev–Trinajstić information content (AvgIpc) is 3.30. The number of rotatable bonds is 5. The fraction of sp³-hybridized carbons (Fsp3) is 0.409. The van der Waals surface area contributed by atoms with Crippen molar-refractivity contribution in [3.05, 3.63) is 42.1 Å². The number of hydrogen-bond acceptors (Lipinski definition) is 4. The summed E-state index contributed by atoms with van der Waals surface area (Å²) in [4.78, 5) is 16.8. The van der Waals surface area contributed by atoms with Gasteiger partial charge in [0.15, 0.2) is 5.78 Å². The zero-order valence-corrected chi connectivity index (χ0v) is 16.8. The SMILES string of the molecule is CC(=O)C(=C(C)N)c1cnc2c(-c3cn[nH]c3)cn(CC3(F)CCCCC3)c2c1. The summed E-state index contributed by atoms with van der Waals surface area (Å²) in [6, 6.07) is 1.89. The molecule has 1 aliphatic rings. The van der Waals surface area contributed by atoms with E-state index in [1.54, 1.807) is 25.5 Å². The van der Waals surface area contributed by atoms with Gasteiger partial charge in [0.2, 0.25) is 0 Å². The van der Waals surface area contributed by atoms with Crippen molar-refractivity contribution in [2.24, 2.45) is 5.73 Å². The van der Waals surface area contributed by atoms with Gasteiger partial charge in [0.05, 0.1) is 23.8 Å². The van der Waals surface area contributed by atoms with Crippen LogP contribution in [0.3, 0.4) is 0 Å². The molecule has 1 fully saturated rings. The molecule has 0 atom stereocenters. The molecule has 0 spiro atoms. The maximum atomic E-state index is 15.5. The Balaban J connectivity index is 1.87. The summed E-state index contributed by atoms with van der Waals surface area (Å²) in [5.41, 5.74) is 9.61. The van der Waals surface area contributed by atoms with Crippen molar-refractivity contribution in [3.63, 3.8) is 0 Å². The van der Waals surface area contributed by atoms with E-state index in [0.717, 1.165) is 41.4 Å². The number of carbonyl (C=O) groups excluding carboxylic acids is 1. The largest absolute Gasteiger partial charge is 0.402 e. The molecule has 3 N–H and O–H groups in total. The smallest absolute Gasteiger partial charge is 0.162 e.